The van der Waals surface area contributed by atoms with Crippen LogP contribution in [-0.4, -0.2) is 0 Å². The topological polar surface area (TPSA) is 3.24 Å². The second kappa shape index (κ2) is 14.1. The predicted molar refractivity (Wildman–Crippen MR) is 276 cm³/mol. The van der Waals surface area contributed by atoms with Gasteiger partial charge >= 0.3 is 0 Å². The highest BCUT2D eigenvalue weighted by atomic mass is 15.1. The Morgan fingerprint density at radius 1 is 0.333 bits per heavy atom. The van der Waals surface area contributed by atoms with E-state index >= 15 is 0 Å². The van der Waals surface area contributed by atoms with Crippen molar-refractivity contribution in [3.8, 4) is 44.5 Å². The van der Waals surface area contributed by atoms with Gasteiger partial charge in [0.1, 0.15) is 0 Å². The third-order valence-electron chi connectivity index (χ3n) is 15.5. The molecular weight excluding hydrogens is 795 g/mol. The molecule has 0 saturated carbocycles. The Labute approximate surface area is 388 Å². The highest BCUT2D eigenvalue weighted by molar-refractivity contribution is 6.06. The van der Waals surface area contributed by atoms with Crippen LogP contribution in [0.2, 0.25) is 0 Å². The minimum Gasteiger partial charge on any atom is -0.310 e. The molecule has 0 aliphatic heterocycles. The molecule has 0 aromatic heterocycles. The van der Waals surface area contributed by atoms with Gasteiger partial charge in [0, 0.05) is 27.8 Å². The van der Waals surface area contributed by atoms with E-state index in [0.29, 0.717) is 0 Å². The van der Waals surface area contributed by atoms with Crippen LogP contribution in [0.5, 0.6) is 0 Å². The largest absolute Gasteiger partial charge is 0.310 e. The maximum Gasteiger partial charge on any atom is 0.0714 e. The molecule has 10 aromatic rings. The van der Waals surface area contributed by atoms with Crippen LogP contribution < -0.4 is 4.90 Å². The first-order chi connectivity index (χ1) is 32.3. The minimum atomic E-state index is -0.530. The van der Waals surface area contributed by atoms with Crippen molar-refractivity contribution >= 4 is 27.8 Å². The Morgan fingerprint density at radius 2 is 0.833 bits per heavy atom. The summed E-state index contributed by atoms with van der Waals surface area (Å²) in [7, 11) is 0. The quantitative estimate of drug-likeness (QED) is 0.161. The third kappa shape index (κ3) is 5.23. The van der Waals surface area contributed by atoms with Gasteiger partial charge in [-0.2, -0.15) is 0 Å². The summed E-state index contributed by atoms with van der Waals surface area (Å²) in [5, 5.41) is 2.55. The van der Waals surface area contributed by atoms with E-state index in [1.54, 1.807) is 0 Å². The molecule has 66 heavy (non-hydrogen) atoms. The van der Waals surface area contributed by atoms with Crippen LogP contribution >= 0.6 is 0 Å². The molecule has 0 spiro atoms. The van der Waals surface area contributed by atoms with E-state index < -0.39 is 5.41 Å². The Hall–Kier alpha value is -7.74. The smallest absolute Gasteiger partial charge is 0.0714 e. The summed E-state index contributed by atoms with van der Waals surface area (Å²) < 4.78 is 0. The molecule has 314 valence electrons. The SMILES string of the molecule is CC1(C)c2ccccc2-c2cccc(-c3ccc(N(c4ccc5c(c4)C(c4ccccc4)(c4ccccc4)c4ccccc4-5)c4cc5ccccc5c5c4-c4ccccc4C5(C)C)cc3)c21. The molecular formula is C65H49N. The van der Waals surface area contributed by atoms with Crippen molar-refractivity contribution in [3.63, 3.8) is 0 Å². The van der Waals surface area contributed by atoms with Gasteiger partial charge < -0.3 is 4.90 Å². The van der Waals surface area contributed by atoms with Gasteiger partial charge in [0.2, 0.25) is 0 Å². The molecule has 0 atom stereocenters. The van der Waals surface area contributed by atoms with Gasteiger partial charge in [-0.15, -0.1) is 0 Å². The van der Waals surface area contributed by atoms with Crippen LogP contribution in [0.3, 0.4) is 0 Å². The van der Waals surface area contributed by atoms with Gasteiger partial charge in [0.05, 0.1) is 11.1 Å². The molecule has 0 saturated heterocycles. The maximum atomic E-state index is 2.56. The van der Waals surface area contributed by atoms with Crippen LogP contribution in [-0.2, 0) is 16.2 Å². The van der Waals surface area contributed by atoms with Crippen LogP contribution in [0.4, 0.5) is 17.1 Å². The van der Waals surface area contributed by atoms with E-state index in [0.717, 1.165) is 11.4 Å². The van der Waals surface area contributed by atoms with E-state index in [2.05, 4.69) is 257 Å². The van der Waals surface area contributed by atoms with Crippen molar-refractivity contribution in [2.45, 2.75) is 43.9 Å². The zero-order valence-electron chi connectivity index (χ0n) is 37.8. The zero-order valence-corrected chi connectivity index (χ0v) is 37.8. The van der Waals surface area contributed by atoms with Crippen molar-refractivity contribution in [2.24, 2.45) is 0 Å². The summed E-state index contributed by atoms with van der Waals surface area (Å²) in [5.74, 6) is 0. The van der Waals surface area contributed by atoms with Crippen LogP contribution in [0.1, 0.15) is 72.2 Å². The van der Waals surface area contributed by atoms with Crippen molar-refractivity contribution in [1.82, 2.24) is 0 Å². The van der Waals surface area contributed by atoms with Gasteiger partial charge in [0.25, 0.3) is 0 Å². The highest BCUT2D eigenvalue weighted by Gasteiger charge is 2.47. The number of hydrogen-bond acceptors (Lipinski definition) is 1. The second-order valence-electron chi connectivity index (χ2n) is 19.6. The van der Waals surface area contributed by atoms with Crippen molar-refractivity contribution in [1.29, 1.82) is 0 Å². The standard InChI is InChI=1S/C65H49N/c1-63(2)55-31-16-13-27-51(55)53-30-19-29-48(61(53)63)42-34-36-46(37-35-42)66(59-40-43-20-11-12-25-49(43)62-60(59)54-28-15-17-32-56(54)64(62,3)4)47-38-39-52-50-26-14-18-33-57(50)65(58(52)41-47,44-21-7-5-8-22-44)45-23-9-6-10-24-45/h5-41H,1-4H3. The van der Waals surface area contributed by atoms with E-state index in [4.69, 9.17) is 0 Å². The number of nitrogens with zero attached hydrogens (tertiary/aromatic N) is 1. The van der Waals surface area contributed by atoms with E-state index in [9.17, 15) is 0 Å². The highest BCUT2D eigenvalue weighted by Crippen LogP contribution is 2.60. The molecule has 0 amide bonds. The number of hydrogen-bond donors (Lipinski definition) is 0. The molecule has 3 aliphatic rings. The lowest BCUT2D eigenvalue weighted by Crippen LogP contribution is -2.28. The molecule has 3 aliphatic carbocycles. The molecule has 0 heterocycles. The molecule has 10 aromatic carbocycles. The number of fused-ring (bicyclic) bond motifs is 11. The summed E-state index contributed by atoms with van der Waals surface area (Å²) in [5.41, 5.74) is 23.6. The second-order valence-corrected chi connectivity index (χ2v) is 19.6. The molecule has 0 radical (unpaired) electrons. The lowest BCUT2D eigenvalue weighted by molar-refractivity contribution is 0.662. The monoisotopic (exact) mass is 843 g/mol. The van der Waals surface area contributed by atoms with Crippen LogP contribution in [0.25, 0.3) is 55.3 Å². The first kappa shape index (κ1) is 38.7. The van der Waals surface area contributed by atoms with Gasteiger partial charge in [-0.05, 0) is 125 Å². The average Bonchev–Trinajstić information content (AvgIpc) is 3.90. The predicted octanol–water partition coefficient (Wildman–Crippen LogP) is 17.0. The fraction of sp³-hybridized carbons (Fsp3) is 0.108. The van der Waals surface area contributed by atoms with Crippen molar-refractivity contribution in [3.05, 3.63) is 269 Å². The van der Waals surface area contributed by atoms with E-state index in [-0.39, 0.29) is 10.8 Å². The number of benzene rings is 10. The Kier molecular flexibility index (Phi) is 8.28. The summed E-state index contributed by atoms with van der Waals surface area (Å²) >= 11 is 0. The maximum absolute atomic E-state index is 2.56. The van der Waals surface area contributed by atoms with Gasteiger partial charge in [-0.3, -0.25) is 0 Å². The molecule has 0 N–H and O–H groups in total. The lowest BCUT2D eigenvalue weighted by Gasteiger charge is -2.35. The Balaban J connectivity index is 1.08. The fourth-order valence-electron chi connectivity index (χ4n) is 12.7. The number of rotatable bonds is 6. The van der Waals surface area contributed by atoms with Crippen molar-refractivity contribution < 1.29 is 0 Å². The molecule has 0 unspecified atom stereocenters. The Morgan fingerprint density at radius 3 is 1.53 bits per heavy atom. The minimum absolute atomic E-state index is 0.120. The molecule has 13 rings (SSSR count). The van der Waals surface area contributed by atoms with Crippen LogP contribution in [0.15, 0.2) is 224 Å². The normalized spacial score (nSPS) is 15.0. The summed E-state index contributed by atoms with van der Waals surface area (Å²) in [4.78, 5) is 2.56. The van der Waals surface area contributed by atoms with Crippen molar-refractivity contribution in [2.75, 3.05) is 4.90 Å². The molecule has 0 bridgehead atoms. The lowest BCUT2D eigenvalue weighted by atomic mass is 9.67. The Bertz CT molecular complexity index is 3540. The average molecular weight is 844 g/mol. The third-order valence-corrected chi connectivity index (χ3v) is 15.5. The fourth-order valence-corrected chi connectivity index (χ4v) is 12.7. The van der Waals surface area contributed by atoms with Crippen LogP contribution in [0, 0.1) is 0 Å². The molecule has 0 fully saturated rings. The van der Waals surface area contributed by atoms with E-state index in [1.165, 1.54) is 105 Å². The first-order valence-corrected chi connectivity index (χ1v) is 23.4. The molecule has 1 nitrogen and oxygen atoms in total. The molecule has 1 heteroatoms. The van der Waals surface area contributed by atoms with Gasteiger partial charge in [-0.25, -0.2) is 0 Å². The first-order valence-electron chi connectivity index (χ1n) is 23.4. The number of anilines is 3. The zero-order chi connectivity index (χ0) is 44.4. The van der Waals surface area contributed by atoms with Gasteiger partial charge in [-0.1, -0.05) is 222 Å². The summed E-state index contributed by atoms with van der Waals surface area (Å²) in [6, 6.07) is 84.4. The summed E-state index contributed by atoms with van der Waals surface area (Å²) in [6.07, 6.45) is 0. The summed E-state index contributed by atoms with van der Waals surface area (Å²) in [6.45, 7) is 9.58. The van der Waals surface area contributed by atoms with E-state index in [1.807, 2.05) is 0 Å². The van der Waals surface area contributed by atoms with Gasteiger partial charge in [0.15, 0.2) is 0 Å².